The van der Waals surface area contributed by atoms with Gasteiger partial charge in [0.1, 0.15) is 12.1 Å². The van der Waals surface area contributed by atoms with Crippen LogP contribution in [0, 0.1) is 0 Å². The summed E-state index contributed by atoms with van der Waals surface area (Å²) in [7, 11) is 0. The van der Waals surface area contributed by atoms with Crippen LogP contribution in [0.4, 0.5) is 11.4 Å². The molecule has 0 bridgehead atoms. The number of rotatable bonds is 17. The second-order valence-electron chi connectivity index (χ2n) is 12.8. The van der Waals surface area contributed by atoms with Crippen LogP contribution in [0.2, 0.25) is 0 Å². The van der Waals surface area contributed by atoms with Crippen molar-refractivity contribution in [3.8, 4) is 0 Å². The summed E-state index contributed by atoms with van der Waals surface area (Å²) in [6, 6.07) is 7.86. The molecule has 0 saturated carbocycles. The molecule has 16 nitrogen and oxygen atoms in total. The molecule has 2 aromatic carbocycles. The lowest BCUT2D eigenvalue weighted by Crippen LogP contribution is -2.54. The maximum atomic E-state index is 13.2. The third-order valence-electron chi connectivity index (χ3n) is 9.33. The van der Waals surface area contributed by atoms with E-state index in [1.807, 2.05) is 0 Å². The Balaban J connectivity index is 0.826. The highest BCUT2D eigenvalue weighted by molar-refractivity contribution is 6.26. The number of unbranched alkanes of at least 4 members (excludes halogenated alkanes) is 1. The van der Waals surface area contributed by atoms with E-state index in [2.05, 4.69) is 21.3 Å². The first kappa shape index (κ1) is 36.3. The molecule has 2 unspecified atom stereocenters. The summed E-state index contributed by atoms with van der Waals surface area (Å²) in [6.07, 6.45) is 3.25. The van der Waals surface area contributed by atoms with Crippen LogP contribution in [0.25, 0.3) is 0 Å². The fourth-order valence-corrected chi connectivity index (χ4v) is 6.73. The monoisotopic (exact) mass is 716 g/mol. The van der Waals surface area contributed by atoms with Crippen molar-refractivity contribution >= 4 is 58.6 Å². The van der Waals surface area contributed by atoms with E-state index in [1.54, 1.807) is 36.4 Å². The fraction of sp³-hybridized carbons (Fsp3) is 0.444. The minimum Gasteiger partial charge on any atom is -0.384 e. The highest BCUT2D eigenvalue weighted by Crippen LogP contribution is 2.33. The Kier molecular flexibility index (Phi) is 11.3. The van der Waals surface area contributed by atoms with Gasteiger partial charge in [-0.25, -0.2) is 0 Å². The molecule has 4 aliphatic rings. The normalized spacial score (nSPS) is 19.9. The zero-order valence-electron chi connectivity index (χ0n) is 28.5. The molecule has 8 amide bonds. The Morgan fingerprint density at radius 2 is 0.962 bits per heavy atom. The average Bonchev–Trinajstić information content (AvgIpc) is 3.53. The van der Waals surface area contributed by atoms with E-state index in [9.17, 15) is 38.4 Å². The first-order chi connectivity index (χ1) is 25.2. The average molecular weight is 717 g/mol. The summed E-state index contributed by atoms with van der Waals surface area (Å²) >= 11 is 0. The molecule has 0 aliphatic carbocycles. The van der Waals surface area contributed by atoms with E-state index >= 15 is 0 Å². The standard InChI is InChI=1S/C36H40N6O10/c43-27-13-11-25(31(45)39-27)41-33(47)21-7-3-9-23(29(21)35(41)49)37-15-5-19-51-17-1-2-18-52-20-6-16-38-24-10-4-8-22-30(24)36(50)42(34(22)48)26-12-14-28(44)40-32(26)46/h3-4,7-10,25-26,37-38H,1-2,5-6,11-20H2,(H,39,43,45)(H,40,44,46). The second kappa shape index (κ2) is 16.2. The molecule has 2 aromatic rings. The van der Waals surface area contributed by atoms with Crippen molar-refractivity contribution in [3.05, 3.63) is 58.7 Å². The lowest BCUT2D eigenvalue weighted by molar-refractivity contribution is -0.137. The van der Waals surface area contributed by atoms with Crippen molar-refractivity contribution in [2.45, 2.75) is 63.5 Å². The summed E-state index contributed by atoms with van der Waals surface area (Å²) < 4.78 is 11.4. The number of imide groups is 4. The minimum absolute atomic E-state index is 0.0604. The fourth-order valence-electron chi connectivity index (χ4n) is 6.73. The first-order valence-corrected chi connectivity index (χ1v) is 17.5. The Bertz CT molecular complexity index is 1680. The molecule has 2 saturated heterocycles. The number of carbonyl (C=O) groups excluding carboxylic acids is 8. The summed E-state index contributed by atoms with van der Waals surface area (Å²) in [6.45, 7) is 3.10. The van der Waals surface area contributed by atoms with Crippen LogP contribution in [0.15, 0.2) is 36.4 Å². The number of nitrogens with zero attached hydrogens (tertiary/aromatic N) is 2. The molecule has 274 valence electrons. The Hall–Kier alpha value is -5.48. The van der Waals surface area contributed by atoms with Crippen molar-refractivity contribution in [2.75, 3.05) is 50.2 Å². The summed E-state index contributed by atoms with van der Waals surface area (Å²) in [5.41, 5.74) is 1.91. The van der Waals surface area contributed by atoms with Crippen LogP contribution in [0.3, 0.4) is 0 Å². The molecule has 2 atom stereocenters. The second-order valence-corrected chi connectivity index (χ2v) is 12.8. The third-order valence-corrected chi connectivity index (χ3v) is 9.33. The van der Waals surface area contributed by atoms with Gasteiger partial charge in [0.05, 0.1) is 22.3 Å². The topological polar surface area (TPSA) is 210 Å². The molecule has 52 heavy (non-hydrogen) atoms. The molecule has 2 fully saturated rings. The van der Waals surface area contributed by atoms with E-state index in [-0.39, 0.29) is 47.9 Å². The van der Waals surface area contributed by atoms with E-state index in [0.29, 0.717) is 63.7 Å². The van der Waals surface area contributed by atoms with E-state index in [4.69, 9.17) is 9.47 Å². The molecular formula is C36H40N6O10. The van der Waals surface area contributed by atoms with Crippen molar-refractivity contribution in [1.82, 2.24) is 20.4 Å². The summed E-state index contributed by atoms with van der Waals surface area (Å²) in [5, 5.41) is 10.8. The number of anilines is 2. The van der Waals surface area contributed by atoms with Crippen molar-refractivity contribution in [3.63, 3.8) is 0 Å². The number of nitrogens with one attached hydrogen (secondary N) is 4. The third kappa shape index (κ3) is 7.57. The molecule has 4 aliphatic heterocycles. The predicted octanol–water partition coefficient (Wildman–Crippen LogP) is 1.61. The number of amides is 8. The molecule has 6 rings (SSSR count). The van der Waals surface area contributed by atoms with Gasteiger partial charge in [-0.1, -0.05) is 12.1 Å². The largest absolute Gasteiger partial charge is 0.384 e. The van der Waals surface area contributed by atoms with Crippen molar-refractivity contribution < 1.29 is 47.8 Å². The van der Waals surface area contributed by atoms with Crippen LogP contribution in [0.5, 0.6) is 0 Å². The Morgan fingerprint density at radius 1 is 0.558 bits per heavy atom. The van der Waals surface area contributed by atoms with E-state index < -0.39 is 59.3 Å². The summed E-state index contributed by atoms with van der Waals surface area (Å²) in [5.74, 6) is -4.34. The maximum Gasteiger partial charge on any atom is 0.264 e. The van der Waals surface area contributed by atoms with Gasteiger partial charge in [-0.3, -0.25) is 58.8 Å². The minimum atomic E-state index is -1.01. The van der Waals surface area contributed by atoms with Gasteiger partial charge in [0.2, 0.25) is 23.6 Å². The van der Waals surface area contributed by atoms with E-state index in [0.717, 1.165) is 22.6 Å². The predicted molar refractivity (Wildman–Crippen MR) is 183 cm³/mol. The zero-order chi connectivity index (χ0) is 36.8. The van der Waals surface area contributed by atoms with Gasteiger partial charge in [-0.15, -0.1) is 0 Å². The quantitative estimate of drug-likeness (QED) is 0.136. The number of hydrogen-bond donors (Lipinski definition) is 4. The first-order valence-electron chi connectivity index (χ1n) is 17.5. The number of hydrogen-bond acceptors (Lipinski definition) is 12. The number of fused-ring (bicyclic) bond motifs is 2. The number of benzene rings is 2. The lowest BCUT2D eigenvalue weighted by Gasteiger charge is -2.27. The highest BCUT2D eigenvalue weighted by Gasteiger charge is 2.47. The van der Waals surface area contributed by atoms with Crippen molar-refractivity contribution in [1.29, 1.82) is 0 Å². The highest BCUT2D eigenvalue weighted by atomic mass is 16.5. The van der Waals surface area contributed by atoms with Gasteiger partial charge < -0.3 is 20.1 Å². The van der Waals surface area contributed by atoms with Crippen molar-refractivity contribution in [2.24, 2.45) is 0 Å². The molecular weight excluding hydrogens is 676 g/mol. The molecule has 4 heterocycles. The molecule has 0 aromatic heterocycles. The van der Waals surface area contributed by atoms with Crippen LogP contribution in [0.1, 0.15) is 92.8 Å². The lowest BCUT2D eigenvalue weighted by atomic mass is 10.0. The Labute approximate surface area is 298 Å². The van der Waals surface area contributed by atoms with Gasteiger partial charge in [0.25, 0.3) is 23.6 Å². The van der Waals surface area contributed by atoms with Gasteiger partial charge >= 0.3 is 0 Å². The smallest absolute Gasteiger partial charge is 0.264 e. The van der Waals surface area contributed by atoms with Gasteiger partial charge in [0, 0.05) is 63.7 Å². The van der Waals surface area contributed by atoms with E-state index in [1.165, 1.54) is 0 Å². The Morgan fingerprint density at radius 3 is 1.37 bits per heavy atom. The molecule has 16 heteroatoms. The van der Waals surface area contributed by atoms with Crippen LogP contribution in [-0.2, 0) is 28.7 Å². The maximum absolute atomic E-state index is 13.2. The zero-order valence-corrected chi connectivity index (χ0v) is 28.5. The number of piperidine rings is 2. The van der Waals surface area contributed by atoms with Gasteiger partial charge in [-0.2, -0.15) is 0 Å². The van der Waals surface area contributed by atoms with Gasteiger partial charge in [-0.05, 0) is 62.8 Å². The molecule has 4 N–H and O–H groups in total. The van der Waals surface area contributed by atoms with Crippen LogP contribution >= 0.6 is 0 Å². The SMILES string of the molecule is O=C1CCC(N2C(=O)c3cccc(NCCCOCCCCOCCCNc4cccc5c4C(=O)N(C4CCC(=O)NC4=O)C5=O)c3C2=O)C(=O)N1. The number of ether oxygens (including phenoxy) is 2. The molecule has 0 radical (unpaired) electrons. The molecule has 0 spiro atoms. The number of carbonyl (C=O) groups is 8. The van der Waals surface area contributed by atoms with Gasteiger partial charge in [0.15, 0.2) is 0 Å². The summed E-state index contributed by atoms with van der Waals surface area (Å²) in [4.78, 5) is 102. The van der Waals surface area contributed by atoms with Crippen LogP contribution in [-0.4, -0.2) is 109 Å². The van der Waals surface area contributed by atoms with Crippen LogP contribution < -0.4 is 21.3 Å².